The predicted molar refractivity (Wildman–Crippen MR) is 129 cm³/mol. The van der Waals surface area contributed by atoms with Gasteiger partial charge in [0.1, 0.15) is 5.69 Å². The number of nitrogens with zero attached hydrogens (tertiary/aromatic N) is 6. The average Bonchev–Trinajstić information content (AvgIpc) is 2.87. The van der Waals surface area contributed by atoms with E-state index in [-0.39, 0.29) is 24.6 Å². The standard InChI is InChI=1S/C23H21ClF9N7O/c1-3-14-9-16(18-15(40(14)19(24)41)4-5-17(36-18)23(31,32)33)39(20(34)37-38-35-2)10-11-6-12(21(25,26)27)8-13(7-11)22(28,29)30/h4-8,14,16H,3,9-10H2,1-2H3,(H2,34,35,37)/t14-,16+/m1/s1. The molecule has 0 fully saturated rings. The van der Waals surface area contributed by atoms with Gasteiger partial charge in [-0.1, -0.05) is 12.0 Å². The summed E-state index contributed by atoms with van der Waals surface area (Å²) in [5, 5.41) is 9.24. The molecule has 1 aromatic heterocycles. The van der Waals surface area contributed by atoms with Gasteiger partial charge in [0.25, 0.3) is 0 Å². The van der Waals surface area contributed by atoms with Gasteiger partial charge in [-0.25, -0.2) is 4.98 Å². The zero-order chi connectivity index (χ0) is 30.9. The van der Waals surface area contributed by atoms with E-state index in [9.17, 15) is 44.3 Å². The maximum absolute atomic E-state index is 13.6. The average molecular weight is 618 g/mol. The van der Waals surface area contributed by atoms with Crippen LogP contribution in [0.25, 0.3) is 0 Å². The lowest BCUT2D eigenvalue weighted by atomic mass is 9.91. The van der Waals surface area contributed by atoms with Crippen molar-refractivity contribution in [3.63, 3.8) is 0 Å². The minimum absolute atomic E-state index is 0.0687. The Labute approximate surface area is 231 Å². The summed E-state index contributed by atoms with van der Waals surface area (Å²) >= 11 is 5.73. The topological polar surface area (TPSA) is 99.5 Å². The molecule has 18 heteroatoms. The molecule has 41 heavy (non-hydrogen) atoms. The molecule has 1 aliphatic rings. The maximum Gasteiger partial charge on any atom is 0.433 e. The van der Waals surface area contributed by atoms with Gasteiger partial charge >= 0.3 is 23.9 Å². The highest BCUT2D eigenvalue weighted by Gasteiger charge is 2.43. The van der Waals surface area contributed by atoms with E-state index < -0.39 is 76.6 Å². The number of anilines is 1. The van der Waals surface area contributed by atoms with Crippen LogP contribution in [0, 0.1) is 0 Å². The van der Waals surface area contributed by atoms with Gasteiger partial charge in [-0.05, 0) is 65.6 Å². The van der Waals surface area contributed by atoms with Crippen LogP contribution >= 0.6 is 11.6 Å². The molecule has 0 saturated carbocycles. The first-order chi connectivity index (χ1) is 18.9. The Bertz CT molecular complexity index is 1310. The molecule has 0 radical (unpaired) electrons. The predicted octanol–water partition coefficient (Wildman–Crippen LogP) is 7.34. The van der Waals surface area contributed by atoms with Gasteiger partial charge in [0.05, 0.1) is 35.6 Å². The molecular weight excluding hydrogens is 597 g/mol. The van der Waals surface area contributed by atoms with E-state index in [1.54, 1.807) is 6.92 Å². The zero-order valence-corrected chi connectivity index (χ0v) is 21.9. The number of hydrogen-bond acceptors (Lipinski definition) is 4. The fourth-order valence-electron chi connectivity index (χ4n) is 4.41. The van der Waals surface area contributed by atoms with Crippen molar-refractivity contribution >= 4 is 28.6 Å². The number of benzene rings is 1. The lowest BCUT2D eigenvalue weighted by Crippen LogP contribution is -2.49. The first-order valence-corrected chi connectivity index (χ1v) is 12.0. The van der Waals surface area contributed by atoms with E-state index in [1.165, 1.54) is 7.05 Å². The summed E-state index contributed by atoms with van der Waals surface area (Å²) in [5.41, 5.74) is 0.302. The van der Waals surface area contributed by atoms with Gasteiger partial charge < -0.3 is 10.6 Å². The number of carbonyl (C=O) groups excluding carboxylic acids is 1. The number of fused-ring (bicyclic) bond motifs is 1. The first-order valence-electron chi connectivity index (χ1n) is 11.6. The number of halogens is 10. The molecule has 0 saturated heterocycles. The van der Waals surface area contributed by atoms with Gasteiger partial charge in [0.2, 0.25) is 5.96 Å². The largest absolute Gasteiger partial charge is 0.433 e. The molecule has 3 rings (SSSR count). The van der Waals surface area contributed by atoms with E-state index >= 15 is 0 Å². The van der Waals surface area contributed by atoms with Crippen molar-refractivity contribution in [1.29, 1.82) is 0 Å². The summed E-state index contributed by atoms with van der Waals surface area (Å²) in [6.45, 7) is 0.835. The Hall–Kier alpha value is -3.63. The summed E-state index contributed by atoms with van der Waals surface area (Å²) in [4.78, 5) is 17.9. The van der Waals surface area contributed by atoms with Crippen molar-refractivity contribution in [3.8, 4) is 0 Å². The van der Waals surface area contributed by atoms with Gasteiger partial charge in [0.15, 0.2) is 0 Å². The molecular formula is C23H21ClF9N7O. The lowest BCUT2D eigenvalue weighted by Gasteiger charge is -2.43. The smallest absolute Gasteiger partial charge is 0.368 e. The lowest BCUT2D eigenvalue weighted by molar-refractivity contribution is -0.143. The Morgan fingerprint density at radius 2 is 1.63 bits per heavy atom. The summed E-state index contributed by atoms with van der Waals surface area (Å²) in [5.74, 6) is -0.600. The number of alkyl halides is 9. The number of aromatic nitrogens is 1. The Morgan fingerprint density at radius 3 is 2.10 bits per heavy atom. The fourth-order valence-corrected chi connectivity index (χ4v) is 4.64. The molecule has 1 amide bonds. The van der Waals surface area contributed by atoms with E-state index in [0.29, 0.717) is 18.2 Å². The molecule has 0 unspecified atom stereocenters. The second kappa shape index (κ2) is 11.7. The zero-order valence-electron chi connectivity index (χ0n) is 21.1. The second-order valence-electron chi connectivity index (χ2n) is 8.82. The number of guanidine groups is 1. The fraction of sp³-hybridized carbons (Fsp3) is 0.435. The van der Waals surface area contributed by atoms with Crippen LogP contribution in [-0.4, -0.2) is 34.3 Å². The van der Waals surface area contributed by atoms with Crippen molar-refractivity contribution in [2.45, 2.75) is 56.9 Å². The highest BCUT2D eigenvalue weighted by Crippen LogP contribution is 2.44. The molecule has 1 aromatic carbocycles. The van der Waals surface area contributed by atoms with E-state index in [2.05, 4.69) is 20.4 Å². The molecule has 0 aliphatic carbocycles. The van der Waals surface area contributed by atoms with Gasteiger partial charge in [0, 0.05) is 12.6 Å². The van der Waals surface area contributed by atoms with Crippen LogP contribution in [-0.2, 0) is 25.1 Å². The van der Waals surface area contributed by atoms with Crippen LogP contribution in [0.15, 0.2) is 45.8 Å². The third-order valence-corrected chi connectivity index (χ3v) is 6.38. The molecule has 224 valence electrons. The van der Waals surface area contributed by atoms with Crippen LogP contribution in [0.3, 0.4) is 0 Å². The molecule has 2 heterocycles. The Morgan fingerprint density at radius 1 is 1.05 bits per heavy atom. The van der Waals surface area contributed by atoms with E-state index in [1.807, 2.05) is 0 Å². The van der Waals surface area contributed by atoms with Crippen molar-refractivity contribution in [2.75, 3.05) is 11.9 Å². The van der Waals surface area contributed by atoms with Crippen molar-refractivity contribution < 1.29 is 44.3 Å². The van der Waals surface area contributed by atoms with E-state index in [0.717, 1.165) is 15.9 Å². The van der Waals surface area contributed by atoms with Crippen molar-refractivity contribution in [1.82, 2.24) is 9.88 Å². The van der Waals surface area contributed by atoms with Gasteiger partial charge in [-0.2, -0.15) is 44.6 Å². The number of carbonyl (C=O) groups is 1. The van der Waals surface area contributed by atoms with Gasteiger partial charge in [-0.15, -0.1) is 0 Å². The number of rotatable bonds is 5. The minimum atomic E-state index is -5.16. The SMILES string of the molecule is CC[C@@H]1C[C@H](N(Cc2cc(C(F)(F)F)cc(C(F)(F)F)c2)C(N)=NN=NC)c2nc(C(F)(F)F)ccc2N1C(=O)Cl. The quantitative estimate of drug-likeness (QED) is 0.0722. The molecule has 2 atom stereocenters. The number of amides is 1. The normalized spacial score (nSPS) is 18.5. The molecule has 0 bridgehead atoms. The summed E-state index contributed by atoms with van der Waals surface area (Å²) in [6.07, 6.45) is -15.3. The summed E-state index contributed by atoms with van der Waals surface area (Å²) in [7, 11) is 1.19. The third kappa shape index (κ3) is 7.18. The van der Waals surface area contributed by atoms with Crippen LogP contribution < -0.4 is 10.6 Å². The number of nitrogens with two attached hydrogens (primary N) is 1. The molecule has 8 nitrogen and oxygen atoms in total. The van der Waals surface area contributed by atoms with Crippen molar-refractivity contribution in [3.05, 3.63) is 58.4 Å². The minimum Gasteiger partial charge on any atom is -0.368 e. The molecule has 2 N–H and O–H groups in total. The van der Waals surface area contributed by atoms with Gasteiger partial charge in [-0.3, -0.25) is 9.69 Å². The van der Waals surface area contributed by atoms with Crippen LogP contribution in [0.2, 0.25) is 0 Å². The molecule has 0 spiro atoms. The Balaban J connectivity index is 2.28. The van der Waals surface area contributed by atoms with Crippen LogP contribution in [0.5, 0.6) is 0 Å². The third-order valence-electron chi connectivity index (χ3n) is 6.20. The second-order valence-corrected chi connectivity index (χ2v) is 9.15. The van der Waals surface area contributed by atoms with E-state index in [4.69, 9.17) is 17.3 Å². The summed E-state index contributed by atoms with van der Waals surface area (Å²) in [6, 6.07) is 0.286. The number of pyridine rings is 1. The van der Waals surface area contributed by atoms with Crippen molar-refractivity contribution in [2.24, 2.45) is 21.2 Å². The highest BCUT2D eigenvalue weighted by molar-refractivity contribution is 6.66. The monoisotopic (exact) mass is 617 g/mol. The molecule has 2 aromatic rings. The first kappa shape index (κ1) is 31.9. The highest BCUT2D eigenvalue weighted by atomic mass is 35.5. The maximum atomic E-state index is 13.6. The molecule has 1 aliphatic heterocycles. The van der Waals surface area contributed by atoms with Crippen LogP contribution in [0.4, 0.5) is 50.0 Å². The Kier molecular flexibility index (Phi) is 9.10. The number of hydrogen-bond donors (Lipinski definition) is 1. The summed E-state index contributed by atoms with van der Waals surface area (Å²) < 4.78 is 122. The van der Waals surface area contributed by atoms with Crippen LogP contribution in [0.1, 0.15) is 53.9 Å².